The molecular formula is C22H32N2O3. The molecule has 1 aromatic rings. The van der Waals surface area contributed by atoms with Gasteiger partial charge in [0.15, 0.2) is 0 Å². The Labute approximate surface area is 162 Å². The molecule has 27 heavy (non-hydrogen) atoms. The molecule has 148 valence electrons. The van der Waals surface area contributed by atoms with Gasteiger partial charge in [-0.25, -0.2) is 0 Å². The van der Waals surface area contributed by atoms with Crippen molar-refractivity contribution < 1.29 is 14.3 Å². The van der Waals surface area contributed by atoms with Crippen LogP contribution in [0.25, 0.3) is 0 Å². The van der Waals surface area contributed by atoms with Gasteiger partial charge in [0.25, 0.3) is 5.91 Å². The van der Waals surface area contributed by atoms with Crippen LogP contribution in [0.4, 0.5) is 0 Å². The summed E-state index contributed by atoms with van der Waals surface area (Å²) >= 11 is 0. The second kappa shape index (κ2) is 8.42. The van der Waals surface area contributed by atoms with Crippen molar-refractivity contribution in [3.63, 3.8) is 0 Å². The number of carbonyl (C=O) groups excluding carboxylic acids is 2. The highest BCUT2D eigenvalue weighted by atomic mass is 16.6. The highest BCUT2D eigenvalue weighted by Crippen LogP contribution is 2.31. The van der Waals surface area contributed by atoms with Gasteiger partial charge in [-0.3, -0.25) is 14.5 Å². The van der Waals surface area contributed by atoms with Crippen LogP contribution in [0.3, 0.4) is 0 Å². The van der Waals surface area contributed by atoms with Gasteiger partial charge in [0.05, 0.1) is 5.92 Å². The van der Waals surface area contributed by atoms with Gasteiger partial charge >= 0.3 is 5.97 Å². The van der Waals surface area contributed by atoms with E-state index >= 15 is 0 Å². The molecule has 0 N–H and O–H groups in total. The molecule has 3 rings (SSSR count). The van der Waals surface area contributed by atoms with E-state index in [1.54, 1.807) is 0 Å². The van der Waals surface area contributed by atoms with Crippen LogP contribution in [0.2, 0.25) is 0 Å². The second-order valence-corrected chi connectivity index (χ2v) is 8.69. The summed E-state index contributed by atoms with van der Waals surface area (Å²) in [6.07, 6.45) is 4.19. The Balaban J connectivity index is 1.60. The van der Waals surface area contributed by atoms with Crippen molar-refractivity contribution in [2.45, 2.75) is 58.1 Å². The fraction of sp³-hybridized carbons (Fsp3) is 0.636. The van der Waals surface area contributed by atoms with Gasteiger partial charge in [-0.2, -0.15) is 0 Å². The molecule has 5 nitrogen and oxygen atoms in total. The van der Waals surface area contributed by atoms with E-state index in [0.29, 0.717) is 13.1 Å². The molecule has 5 heteroatoms. The van der Waals surface area contributed by atoms with E-state index in [4.69, 9.17) is 4.74 Å². The Hall–Kier alpha value is -1.88. The zero-order valence-corrected chi connectivity index (χ0v) is 16.8. The van der Waals surface area contributed by atoms with Crippen LogP contribution in [0.15, 0.2) is 30.3 Å². The number of esters is 1. The van der Waals surface area contributed by atoms with Crippen molar-refractivity contribution in [3.05, 3.63) is 35.9 Å². The van der Waals surface area contributed by atoms with E-state index < -0.39 is 5.60 Å². The predicted molar refractivity (Wildman–Crippen MR) is 106 cm³/mol. The number of hydrogen-bond donors (Lipinski definition) is 0. The minimum atomic E-state index is -0.445. The Kier molecular flexibility index (Phi) is 6.20. The molecule has 1 aliphatic heterocycles. The fourth-order valence-corrected chi connectivity index (χ4v) is 4.22. The summed E-state index contributed by atoms with van der Waals surface area (Å²) in [5.41, 5.74) is 0.301. The van der Waals surface area contributed by atoms with E-state index in [1.807, 2.05) is 56.0 Å². The maximum Gasteiger partial charge on any atom is 0.311 e. The zero-order valence-electron chi connectivity index (χ0n) is 16.8. The summed E-state index contributed by atoms with van der Waals surface area (Å²) in [5.74, 6) is -0.00747. The number of benzene rings is 1. The minimum absolute atomic E-state index is 0.0469. The average molecular weight is 373 g/mol. The van der Waals surface area contributed by atoms with Gasteiger partial charge in [0, 0.05) is 37.8 Å². The topological polar surface area (TPSA) is 49.9 Å². The van der Waals surface area contributed by atoms with E-state index in [1.165, 1.54) is 0 Å². The average Bonchev–Trinajstić information content (AvgIpc) is 2.67. The molecular weight excluding hydrogens is 340 g/mol. The van der Waals surface area contributed by atoms with Gasteiger partial charge in [0.2, 0.25) is 0 Å². The highest BCUT2D eigenvalue weighted by Gasteiger charge is 2.38. The normalized spacial score (nSPS) is 24.5. The quantitative estimate of drug-likeness (QED) is 0.764. The molecule has 0 spiro atoms. The van der Waals surface area contributed by atoms with Crippen LogP contribution in [-0.4, -0.2) is 59.5 Å². The molecule has 2 atom stereocenters. The number of ether oxygens (including phenoxy) is 1. The van der Waals surface area contributed by atoms with Crippen LogP contribution in [0.1, 0.15) is 56.8 Å². The smallest absolute Gasteiger partial charge is 0.311 e. The number of hydrogen-bond acceptors (Lipinski definition) is 4. The molecule has 1 heterocycles. The fourth-order valence-electron chi connectivity index (χ4n) is 4.22. The molecule has 1 saturated carbocycles. The second-order valence-electron chi connectivity index (χ2n) is 8.69. The molecule has 0 unspecified atom stereocenters. The minimum Gasteiger partial charge on any atom is -0.460 e. The first-order valence-electron chi connectivity index (χ1n) is 10.2. The van der Waals surface area contributed by atoms with E-state index in [9.17, 15) is 9.59 Å². The van der Waals surface area contributed by atoms with Crippen molar-refractivity contribution in [2.75, 3.05) is 26.2 Å². The lowest BCUT2D eigenvalue weighted by Crippen LogP contribution is -2.55. The van der Waals surface area contributed by atoms with Gasteiger partial charge in [-0.1, -0.05) is 31.0 Å². The SMILES string of the molecule is CC(C)(C)OC(=O)[C@@H]1CCCC[C@H]1N1CCN(C(=O)c2ccccc2)CC1. The van der Waals surface area contributed by atoms with Gasteiger partial charge in [-0.15, -0.1) is 0 Å². The Morgan fingerprint density at radius 2 is 1.59 bits per heavy atom. The maximum absolute atomic E-state index is 12.7. The Morgan fingerprint density at radius 1 is 0.963 bits per heavy atom. The summed E-state index contributed by atoms with van der Waals surface area (Å²) in [5, 5.41) is 0. The maximum atomic E-state index is 12.7. The van der Waals surface area contributed by atoms with Crippen LogP contribution >= 0.6 is 0 Å². The third kappa shape index (κ3) is 5.10. The number of nitrogens with zero attached hydrogens (tertiary/aromatic N) is 2. The summed E-state index contributed by atoms with van der Waals surface area (Å²) in [4.78, 5) is 29.7. The standard InChI is InChI=1S/C22H32N2O3/c1-22(2,3)27-21(26)18-11-7-8-12-19(18)23-13-15-24(16-14-23)20(25)17-9-5-4-6-10-17/h4-6,9-10,18-19H,7-8,11-16H2,1-3H3/t18-,19-/m1/s1. The van der Waals surface area contributed by atoms with Crippen LogP contribution < -0.4 is 0 Å². The van der Waals surface area contributed by atoms with Gasteiger partial charge < -0.3 is 9.64 Å². The van der Waals surface area contributed by atoms with Crippen LogP contribution in [-0.2, 0) is 9.53 Å². The largest absolute Gasteiger partial charge is 0.460 e. The zero-order chi connectivity index (χ0) is 19.4. The number of piperazine rings is 1. The van der Waals surface area contributed by atoms with E-state index in [0.717, 1.165) is 44.3 Å². The molecule has 2 aliphatic rings. The van der Waals surface area contributed by atoms with Gasteiger partial charge in [-0.05, 0) is 45.7 Å². The van der Waals surface area contributed by atoms with Crippen molar-refractivity contribution in [2.24, 2.45) is 5.92 Å². The molecule has 0 aromatic heterocycles. The molecule has 1 aliphatic carbocycles. The van der Waals surface area contributed by atoms with Crippen molar-refractivity contribution in [1.82, 2.24) is 9.80 Å². The number of carbonyl (C=O) groups is 2. The lowest BCUT2D eigenvalue weighted by Gasteiger charge is -2.43. The third-order valence-electron chi connectivity index (χ3n) is 5.53. The van der Waals surface area contributed by atoms with Gasteiger partial charge in [0.1, 0.15) is 5.60 Å². The van der Waals surface area contributed by atoms with Crippen molar-refractivity contribution in [3.8, 4) is 0 Å². The molecule has 0 bridgehead atoms. The van der Waals surface area contributed by atoms with E-state index in [-0.39, 0.29) is 23.8 Å². The highest BCUT2D eigenvalue weighted by molar-refractivity contribution is 5.94. The summed E-state index contributed by atoms with van der Waals surface area (Å²) in [7, 11) is 0. The van der Waals surface area contributed by atoms with E-state index in [2.05, 4.69) is 4.90 Å². The van der Waals surface area contributed by atoms with Crippen molar-refractivity contribution in [1.29, 1.82) is 0 Å². The Morgan fingerprint density at radius 3 is 2.22 bits per heavy atom. The van der Waals surface area contributed by atoms with Crippen LogP contribution in [0, 0.1) is 5.92 Å². The predicted octanol–water partition coefficient (Wildman–Crippen LogP) is 3.34. The molecule has 2 fully saturated rings. The summed E-state index contributed by atoms with van der Waals surface area (Å²) in [6, 6.07) is 9.70. The van der Waals surface area contributed by atoms with Crippen LogP contribution in [0.5, 0.6) is 0 Å². The lowest BCUT2D eigenvalue weighted by atomic mass is 9.83. The summed E-state index contributed by atoms with van der Waals surface area (Å²) in [6.45, 7) is 8.85. The molecule has 1 saturated heterocycles. The lowest BCUT2D eigenvalue weighted by molar-refractivity contribution is -0.164. The third-order valence-corrected chi connectivity index (χ3v) is 5.53. The number of rotatable bonds is 3. The first-order chi connectivity index (χ1) is 12.8. The first-order valence-corrected chi connectivity index (χ1v) is 10.2. The number of amides is 1. The first kappa shape index (κ1) is 19.9. The molecule has 0 radical (unpaired) electrons. The summed E-state index contributed by atoms with van der Waals surface area (Å²) < 4.78 is 5.69. The Bertz CT molecular complexity index is 645. The molecule has 1 amide bonds. The van der Waals surface area contributed by atoms with Crippen molar-refractivity contribution >= 4 is 11.9 Å². The monoisotopic (exact) mass is 372 g/mol. The molecule has 1 aromatic carbocycles.